The number of hydrogen-bond donors (Lipinski definition) is 1. The molecule has 0 bridgehead atoms. The minimum atomic E-state index is -0.622. The fraction of sp³-hybridized carbons (Fsp3) is 0.867. The Bertz CT molecular complexity index is 385. The summed E-state index contributed by atoms with van der Waals surface area (Å²) in [6, 6.07) is 0.155. The second-order valence-electron chi connectivity index (χ2n) is 6.31. The van der Waals surface area contributed by atoms with Gasteiger partial charge in [0.2, 0.25) is 11.8 Å². The van der Waals surface area contributed by atoms with Crippen molar-refractivity contribution in [3.05, 3.63) is 0 Å². The molecule has 3 fully saturated rings. The van der Waals surface area contributed by atoms with Crippen LogP contribution in [-0.4, -0.2) is 48.1 Å². The van der Waals surface area contributed by atoms with Gasteiger partial charge < -0.3 is 15.0 Å². The molecule has 2 saturated heterocycles. The number of hydrogen-bond acceptors (Lipinski definition) is 3. The molecule has 3 aliphatic rings. The van der Waals surface area contributed by atoms with E-state index in [9.17, 15) is 9.59 Å². The van der Waals surface area contributed by atoms with Crippen LogP contribution in [0.1, 0.15) is 51.4 Å². The summed E-state index contributed by atoms with van der Waals surface area (Å²) in [4.78, 5) is 27.0. The third-order valence-electron chi connectivity index (χ3n) is 4.91. The molecular weight excluding hydrogens is 256 g/mol. The van der Waals surface area contributed by atoms with Gasteiger partial charge in [0.05, 0.1) is 12.6 Å². The highest BCUT2D eigenvalue weighted by Crippen LogP contribution is 2.33. The van der Waals surface area contributed by atoms with Gasteiger partial charge in [-0.3, -0.25) is 9.59 Å². The molecule has 1 unspecified atom stereocenters. The fourth-order valence-electron chi connectivity index (χ4n) is 3.79. The smallest absolute Gasteiger partial charge is 0.248 e. The highest BCUT2D eigenvalue weighted by atomic mass is 16.5. The molecule has 20 heavy (non-hydrogen) atoms. The summed E-state index contributed by atoms with van der Waals surface area (Å²) in [5.41, 5.74) is -0.622. The topological polar surface area (TPSA) is 58.6 Å². The number of rotatable bonds is 1. The van der Waals surface area contributed by atoms with E-state index < -0.39 is 5.54 Å². The van der Waals surface area contributed by atoms with E-state index in [0.717, 1.165) is 51.6 Å². The first kappa shape index (κ1) is 13.9. The van der Waals surface area contributed by atoms with E-state index in [1.54, 1.807) is 0 Å². The van der Waals surface area contributed by atoms with E-state index in [0.29, 0.717) is 19.6 Å². The summed E-state index contributed by atoms with van der Waals surface area (Å²) in [5, 5.41) is 3.04. The van der Waals surface area contributed by atoms with Crippen LogP contribution in [0.4, 0.5) is 0 Å². The Morgan fingerprint density at radius 2 is 1.95 bits per heavy atom. The molecular formula is C15H24N2O3. The van der Waals surface area contributed by atoms with Crippen LogP contribution < -0.4 is 5.32 Å². The quantitative estimate of drug-likeness (QED) is 0.785. The van der Waals surface area contributed by atoms with Crippen LogP contribution in [0.25, 0.3) is 0 Å². The van der Waals surface area contributed by atoms with Crippen LogP contribution >= 0.6 is 0 Å². The normalized spacial score (nSPS) is 31.0. The van der Waals surface area contributed by atoms with Crippen molar-refractivity contribution in [3.63, 3.8) is 0 Å². The number of nitrogens with one attached hydrogen (secondary N) is 1. The van der Waals surface area contributed by atoms with Crippen LogP contribution in [0.5, 0.6) is 0 Å². The molecule has 5 nitrogen and oxygen atoms in total. The number of amides is 2. The molecule has 1 N–H and O–H groups in total. The molecule has 0 aromatic carbocycles. The monoisotopic (exact) mass is 280 g/mol. The molecule has 1 atom stereocenters. The Balaban J connectivity index is 1.82. The second-order valence-corrected chi connectivity index (χ2v) is 6.31. The Kier molecular flexibility index (Phi) is 3.96. The lowest BCUT2D eigenvalue weighted by molar-refractivity contribution is -0.144. The zero-order valence-electron chi connectivity index (χ0n) is 12.0. The van der Waals surface area contributed by atoms with Crippen molar-refractivity contribution in [1.29, 1.82) is 0 Å². The summed E-state index contributed by atoms with van der Waals surface area (Å²) in [5.74, 6) is 0.165. The van der Waals surface area contributed by atoms with Crippen molar-refractivity contribution in [3.8, 4) is 0 Å². The van der Waals surface area contributed by atoms with Crippen LogP contribution in [0.2, 0.25) is 0 Å². The predicted molar refractivity (Wildman–Crippen MR) is 74.1 cm³/mol. The van der Waals surface area contributed by atoms with Gasteiger partial charge in [-0.1, -0.05) is 19.3 Å². The van der Waals surface area contributed by atoms with E-state index in [2.05, 4.69) is 5.32 Å². The van der Waals surface area contributed by atoms with E-state index >= 15 is 0 Å². The first-order chi connectivity index (χ1) is 9.71. The molecule has 1 aliphatic carbocycles. The Hall–Kier alpha value is -1.10. The lowest BCUT2D eigenvalue weighted by Crippen LogP contribution is -2.60. The maximum Gasteiger partial charge on any atom is 0.248 e. The summed E-state index contributed by atoms with van der Waals surface area (Å²) in [6.07, 6.45) is 7.23. The second kappa shape index (κ2) is 5.72. The summed E-state index contributed by atoms with van der Waals surface area (Å²) in [6.45, 7) is 1.96. The highest BCUT2D eigenvalue weighted by molar-refractivity contribution is 5.93. The number of nitrogens with zero attached hydrogens (tertiary/aromatic N) is 1. The number of ether oxygens (including phenoxy) is 1. The number of carbonyl (C=O) groups is 2. The minimum Gasteiger partial charge on any atom is -0.379 e. The molecule has 2 aliphatic heterocycles. The van der Waals surface area contributed by atoms with Gasteiger partial charge in [-0.05, 0) is 25.7 Å². The molecule has 1 spiro atoms. The van der Waals surface area contributed by atoms with Gasteiger partial charge in [-0.2, -0.15) is 0 Å². The molecule has 112 valence electrons. The fourth-order valence-corrected chi connectivity index (χ4v) is 3.79. The van der Waals surface area contributed by atoms with Crippen molar-refractivity contribution in [2.24, 2.45) is 0 Å². The summed E-state index contributed by atoms with van der Waals surface area (Å²) < 4.78 is 5.53. The highest BCUT2D eigenvalue weighted by Gasteiger charge is 2.46. The first-order valence-corrected chi connectivity index (χ1v) is 7.91. The van der Waals surface area contributed by atoms with Gasteiger partial charge in [0.1, 0.15) is 5.54 Å². The van der Waals surface area contributed by atoms with E-state index in [-0.39, 0.29) is 17.9 Å². The molecule has 0 aromatic heterocycles. The average Bonchev–Trinajstić information content (AvgIpc) is 2.59. The Labute approximate surface area is 120 Å². The molecule has 2 amide bonds. The number of carbonyl (C=O) groups excluding carboxylic acids is 2. The SMILES string of the molecule is O=C1CCN(C2CCCOC2)C(=O)C2(CCCCC2)N1. The lowest BCUT2D eigenvalue weighted by Gasteiger charge is -2.41. The zero-order valence-corrected chi connectivity index (χ0v) is 12.0. The molecule has 0 aromatic rings. The molecule has 3 rings (SSSR count). The van der Waals surface area contributed by atoms with Crippen molar-refractivity contribution < 1.29 is 14.3 Å². The summed E-state index contributed by atoms with van der Waals surface area (Å²) in [7, 11) is 0. The maximum absolute atomic E-state index is 13.0. The van der Waals surface area contributed by atoms with E-state index in [4.69, 9.17) is 4.74 Å². The average molecular weight is 280 g/mol. The maximum atomic E-state index is 13.0. The molecule has 0 radical (unpaired) electrons. The third-order valence-corrected chi connectivity index (χ3v) is 4.91. The minimum absolute atomic E-state index is 0.0273. The molecule has 1 saturated carbocycles. The predicted octanol–water partition coefficient (Wildman–Crippen LogP) is 1.22. The van der Waals surface area contributed by atoms with Crippen LogP contribution in [0.3, 0.4) is 0 Å². The molecule has 5 heteroatoms. The van der Waals surface area contributed by atoms with Gasteiger partial charge in [0, 0.05) is 19.6 Å². The van der Waals surface area contributed by atoms with Crippen molar-refractivity contribution in [2.75, 3.05) is 19.8 Å². The Morgan fingerprint density at radius 1 is 1.15 bits per heavy atom. The standard InChI is InChI=1S/C15H24N2O3/c18-13-6-9-17(12-5-4-10-20-11-12)14(19)15(16-13)7-2-1-3-8-15/h12H,1-11H2,(H,16,18). The lowest BCUT2D eigenvalue weighted by atomic mass is 9.80. The summed E-state index contributed by atoms with van der Waals surface area (Å²) >= 11 is 0. The van der Waals surface area contributed by atoms with Crippen molar-refractivity contribution in [2.45, 2.75) is 62.9 Å². The van der Waals surface area contributed by atoms with Crippen LogP contribution in [-0.2, 0) is 14.3 Å². The van der Waals surface area contributed by atoms with Crippen LogP contribution in [0.15, 0.2) is 0 Å². The van der Waals surface area contributed by atoms with Gasteiger partial charge in [0.15, 0.2) is 0 Å². The molecule has 2 heterocycles. The van der Waals surface area contributed by atoms with Crippen LogP contribution in [0, 0.1) is 0 Å². The van der Waals surface area contributed by atoms with E-state index in [1.165, 1.54) is 0 Å². The first-order valence-electron chi connectivity index (χ1n) is 7.91. The Morgan fingerprint density at radius 3 is 2.65 bits per heavy atom. The van der Waals surface area contributed by atoms with Crippen molar-refractivity contribution in [1.82, 2.24) is 10.2 Å². The van der Waals surface area contributed by atoms with E-state index in [1.807, 2.05) is 4.90 Å². The zero-order chi connectivity index (χ0) is 14.0. The van der Waals surface area contributed by atoms with Crippen molar-refractivity contribution >= 4 is 11.8 Å². The van der Waals surface area contributed by atoms with Gasteiger partial charge in [0.25, 0.3) is 0 Å². The largest absolute Gasteiger partial charge is 0.379 e. The third kappa shape index (κ3) is 2.55. The van der Waals surface area contributed by atoms with Gasteiger partial charge >= 0.3 is 0 Å². The van der Waals surface area contributed by atoms with Gasteiger partial charge in [-0.25, -0.2) is 0 Å². The van der Waals surface area contributed by atoms with Gasteiger partial charge in [-0.15, -0.1) is 0 Å².